The van der Waals surface area contributed by atoms with Gasteiger partial charge in [-0.05, 0) is 38.1 Å². The van der Waals surface area contributed by atoms with Crippen LogP contribution in [0.5, 0.6) is 5.75 Å². The summed E-state index contributed by atoms with van der Waals surface area (Å²) >= 11 is 0. The van der Waals surface area contributed by atoms with E-state index >= 15 is 0 Å². The number of hydrogen-bond donors (Lipinski definition) is 3. The molecule has 0 bridgehead atoms. The second kappa shape index (κ2) is 8.70. The molecule has 31 heavy (non-hydrogen) atoms. The topological polar surface area (TPSA) is 114 Å². The van der Waals surface area contributed by atoms with Gasteiger partial charge in [-0.25, -0.2) is 4.68 Å². The third-order valence-electron chi connectivity index (χ3n) is 4.60. The van der Waals surface area contributed by atoms with Gasteiger partial charge in [0, 0.05) is 11.8 Å². The third kappa shape index (κ3) is 4.40. The smallest absolute Gasteiger partial charge is 0.263 e. The number of aromatic nitrogens is 4. The van der Waals surface area contributed by atoms with Gasteiger partial charge in [0.2, 0.25) is 11.9 Å². The summed E-state index contributed by atoms with van der Waals surface area (Å²) in [6, 6.07) is 15.9. The van der Waals surface area contributed by atoms with E-state index in [9.17, 15) is 9.59 Å². The lowest BCUT2D eigenvalue weighted by Gasteiger charge is -2.15. The Kier molecular flexibility index (Phi) is 5.65. The van der Waals surface area contributed by atoms with Crippen LogP contribution < -0.4 is 20.9 Å². The van der Waals surface area contributed by atoms with E-state index in [4.69, 9.17) is 4.74 Å². The maximum absolute atomic E-state index is 12.6. The second-order valence-corrected chi connectivity index (χ2v) is 6.86. The first-order chi connectivity index (χ1) is 15.0. The number of ether oxygens (including phenoxy) is 1. The fraction of sp³-hybridized carbons (Fsp3) is 0.182. The van der Waals surface area contributed by atoms with Crippen LogP contribution in [0.1, 0.15) is 13.8 Å². The molecule has 0 fully saturated rings. The summed E-state index contributed by atoms with van der Waals surface area (Å²) in [7, 11) is 0. The number of fused-ring (bicyclic) bond motifs is 1. The Bertz CT molecular complexity index is 1270. The number of carbonyl (C=O) groups is 1. The van der Waals surface area contributed by atoms with Crippen LogP contribution in [-0.4, -0.2) is 38.3 Å². The highest BCUT2D eigenvalue weighted by Crippen LogP contribution is 2.18. The predicted octanol–water partition coefficient (Wildman–Crippen LogP) is 2.95. The van der Waals surface area contributed by atoms with Crippen LogP contribution in [0.4, 0.5) is 11.6 Å². The van der Waals surface area contributed by atoms with Crippen molar-refractivity contribution in [1.29, 1.82) is 0 Å². The highest BCUT2D eigenvalue weighted by atomic mass is 16.5. The molecule has 2 aromatic heterocycles. The van der Waals surface area contributed by atoms with Crippen molar-refractivity contribution < 1.29 is 9.53 Å². The number of anilines is 2. The first kappa shape index (κ1) is 20.1. The van der Waals surface area contributed by atoms with Crippen molar-refractivity contribution in [2.45, 2.75) is 19.9 Å². The number of benzene rings is 2. The van der Waals surface area contributed by atoms with E-state index in [2.05, 4.69) is 25.7 Å². The van der Waals surface area contributed by atoms with Gasteiger partial charge in [-0.1, -0.05) is 24.3 Å². The molecule has 1 unspecified atom stereocenters. The Labute approximate surface area is 178 Å². The van der Waals surface area contributed by atoms with Gasteiger partial charge in [0.1, 0.15) is 17.2 Å². The van der Waals surface area contributed by atoms with E-state index < -0.39 is 6.04 Å². The fourth-order valence-electron chi connectivity index (χ4n) is 3.10. The van der Waals surface area contributed by atoms with Crippen molar-refractivity contribution in [1.82, 2.24) is 19.7 Å². The molecule has 158 valence electrons. The second-order valence-electron chi connectivity index (χ2n) is 6.86. The lowest BCUT2D eigenvalue weighted by Crippen LogP contribution is -2.33. The summed E-state index contributed by atoms with van der Waals surface area (Å²) < 4.78 is 7.04. The van der Waals surface area contributed by atoms with E-state index in [1.54, 1.807) is 29.8 Å². The van der Waals surface area contributed by atoms with Gasteiger partial charge in [0.25, 0.3) is 5.56 Å². The molecular weight excluding hydrogens is 396 g/mol. The van der Waals surface area contributed by atoms with Crippen LogP contribution in [0.2, 0.25) is 0 Å². The average Bonchev–Trinajstić information content (AvgIpc) is 3.19. The maximum Gasteiger partial charge on any atom is 0.263 e. The molecule has 2 aromatic carbocycles. The van der Waals surface area contributed by atoms with Gasteiger partial charge in [-0.15, -0.1) is 0 Å². The number of rotatable bonds is 7. The number of nitrogens with one attached hydrogen (secondary N) is 3. The van der Waals surface area contributed by atoms with Crippen LogP contribution in [0, 0.1) is 0 Å². The fourth-order valence-corrected chi connectivity index (χ4v) is 3.10. The number of H-pyrrole nitrogens is 1. The molecule has 0 aliphatic rings. The lowest BCUT2D eigenvalue weighted by molar-refractivity contribution is -0.116. The van der Waals surface area contributed by atoms with Crippen molar-refractivity contribution in [2.75, 3.05) is 17.2 Å². The van der Waals surface area contributed by atoms with Gasteiger partial charge in [0.15, 0.2) is 5.65 Å². The normalized spacial score (nSPS) is 11.8. The monoisotopic (exact) mass is 418 g/mol. The molecule has 0 radical (unpaired) electrons. The SMILES string of the molecule is CCOc1cccc(NC(=O)C(C)Nc2nc3c(cnn3-c3ccccc3)c(=O)[nH]2)c1. The Morgan fingerprint density at radius 2 is 2.00 bits per heavy atom. The quantitative estimate of drug-likeness (QED) is 0.425. The van der Waals surface area contributed by atoms with E-state index in [1.807, 2.05) is 43.3 Å². The number of hydrogen-bond acceptors (Lipinski definition) is 6. The van der Waals surface area contributed by atoms with Crippen LogP contribution in [-0.2, 0) is 4.79 Å². The predicted molar refractivity (Wildman–Crippen MR) is 119 cm³/mol. The molecule has 0 aliphatic heterocycles. The molecule has 4 aromatic rings. The highest BCUT2D eigenvalue weighted by Gasteiger charge is 2.17. The van der Waals surface area contributed by atoms with Gasteiger partial charge in [-0.2, -0.15) is 10.1 Å². The minimum absolute atomic E-state index is 0.181. The van der Waals surface area contributed by atoms with Gasteiger partial charge in [0.05, 0.1) is 18.5 Å². The molecule has 0 spiro atoms. The molecule has 0 saturated heterocycles. The summed E-state index contributed by atoms with van der Waals surface area (Å²) in [6.07, 6.45) is 1.47. The van der Waals surface area contributed by atoms with Crippen molar-refractivity contribution in [2.24, 2.45) is 0 Å². The first-order valence-corrected chi connectivity index (χ1v) is 9.89. The van der Waals surface area contributed by atoms with Crippen molar-refractivity contribution in [3.05, 3.63) is 71.1 Å². The molecule has 2 heterocycles. The molecule has 3 N–H and O–H groups in total. The summed E-state index contributed by atoms with van der Waals surface area (Å²) in [5, 5.41) is 10.4. The largest absolute Gasteiger partial charge is 0.494 e. The number of amides is 1. The summed E-state index contributed by atoms with van der Waals surface area (Å²) in [4.78, 5) is 32.2. The summed E-state index contributed by atoms with van der Waals surface area (Å²) in [5.41, 5.74) is 1.45. The number of aromatic amines is 1. The minimum Gasteiger partial charge on any atom is -0.494 e. The molecular formula is C22H22N6O3. The summed E-state index contributed by atoms with van der Waals surface area (Å²) in [5.74, 6) is 0.570. The van der Waals surface area contributed by atoms with Crippen LogP contribution >= 0.6 is 0 Å². The molecule has 4 rings (SSSR count). The molecule has 0 aliphatic carbocycles. The average molecular weight is 418 g/mol. The molecule has 0 saturated carbocycles. The molecule has 9 heteroatoms. The molecule has 1 amide bonds. The first-order valence-electron chi connectivity index (χ1n) is 9.89. The Morgan fingerprint density at radius 1 is 1.19 bits per heavy atom. The summed E-state index contributed by atoms with van der Waals surface area (Å²) in [6.45, 7) is 4.11. The zero-order valence-electron chi connectivity index (χ0n) is 17.1. The van der Waals surface area contributed by atoms with Crippen molar-refractivity contribution in [3.63, 3.8) is 0 Å². The van der Waals surface area contributed by atoms with E-state index in [1.165, 1.54) is 6.20 Å². The lowest BCUT2D eigenvalue weighted by atomic mass is 10.2. The standard InChI is InChI=1S/C22H22N6O3/c1-3-31-17-11-7-8-15(12-17)25-20(29)14(2)24-22-26-19-18(21(30)27-22)13-23-28(19)16-9-5-4-6-10-16/h4-14H,3H2,1-2H3,(H,25,29)(H2,24,26,27,30). The number of para-hydroxylation sites is 1. The van der Waals surface area contributed by atoms with E-state index in [0.29, 0.717) is 29.1 Å². The van der Waals surface area contributed by atoms with Gasteiger partial charge >= 0.3 is 0 Å². The van der Waals surface area contributed by atoms with E-state index in [0.717, 1.165) is 5.69 Å². The number of carbonyl (C=O) groups excluding carboxylic acids is 1. The van der Waals surface area contributed by atoms with Crippen LogP contribution in [0.25, 0.3) is 16.7 Å². The molecule has 9 nitrogen and oxygen atoms in total. The maximum atomic E-state index is 12.6. The third-order valence-corrected chi connectivity index (χ3v) is 4.60. The van der Waals surface area contributed by atoms with Crippen molar-refractivity contribution >= 4 is 28.6 Å². The van der Waals surface area contributed by atoms with Gasteiger partial charge < -0.3 is 15.4 Å². The highest BCUT2D eigenvalue weighted by molar-refractivity contribution is 5.96. The van der Waals surface area contributed by atoms with Gasteiger partial charge in [-0.3, -0.25) is 14.6 Å². The zero-order chi connectivity index (χ0) is 21.8. The van der Waals surface area contributed by atoms with Crippen LogP contribution in [0.15, 0.2) is 65.6 Å². The van der Waals surface area contributed by atoms with E-state index in [-0.39, 0.29) is 17.4 Å². The Balaban J connectivity index is 1.54. The molecule has 1 atom stereocenters. The zero-order valence-corrected chi connectivity index (χ0v) is 17.1. The number of nitrogens with zero attached hydrogens (tertiary/aromatic N) is 3. The Hall–Kier alpha value is -4.14. The van der Waals surface area contributed by atoms with Crippen molar-refractivity contribution in [3.8, 4) is 11.4 Å². The minimum atomic E-state index is -0.663. The Morgan fingerprint density at radius 3 is 2.77 bits per heavy atom. The van der Waals surface area contributed by atoms with Crippen LogP contribution in [0.3, 0.4) is 0 Å².